The van der Waals surface area contributed by atoms with Gasteiger partial charge in [0.05, 0.1) is 6.10 Å². The van der Waals surface area contributed by atoms with Crippen LogP contribution in [-0.4, -0.2) is 29.7 Å². The SMILES string of the molecule is Cc1cc(/C=C(\C#N)C(=O)N2CCc3ccccc32)c(C)n1C[C@H]1CCCO1. The Morgan fingerprint density at radius 2 is 2.18 bits per heavy atom. The average molecular weight is 375 g/mol. The molecule has 0 N–H and O–H groups in total. The first-order valence-corrected chi connectivity index (χ1v) is 9.88. The van der Waals surface area contributed by atoms with Gasteiger partial charge in [0.25, 0.3) is 5.91 Å². The number of para-hydroxylation sites is 1. The molecule has 2 aliphatic heterocycles. The summed E-state index contributed by atoms with van der Waals surface area (Å²) >= 11 is 0. The molecule has 0 saturated carbocycles. The van der Waals surface area contributed by atoms with Gasteiger partial charge in [-0.05, 0) is 62.4 Å². The Balaban J connectivity index is 1.60. The van der Waals surface area contributed by atoms with E-state index in [0.717, 1.165) is 60.6 Å². The van der Waals surface area contributed by atoms with Gasteiger partial charge in [-0.15, -0.1) is 0 Å². The monoisotopic (exact) mass is 375 g/mol. The quantitative estimate of drug-likeness (QED) is 0.604. The molecule has 0 aliphatic carbocycles. The lowest BCUT2D eigenvalue weighted by Crippen LogP contribution is -2.29. The van der Waals surface area contributed by atoms with Gasteiger partial charge >= 0.3 is 0 Å². The lowest BCUT2D eigenvalue weighted by Gasteiger charge is -2.16. The molecule has 1 aromatic heterocycles. The fourth-order valence-electron chi connectivity index (χ4n) is 4.24. The summed E-state index contributed by atoms with van der Waals surface area (Å²) < 4.78 is 8.00. The number of nitriles is 1. The van der Waals surface area contributed by atoms with Gasteiger partial charge in [0.2, 0.25) is 0 Å². The fourth-order valence-corrected chi connectivity index (χ4v) is 4.24. The van der Waals surface area contributed by atoms with Crippen molar-refractivity contribution in [2.75, 3.05) is 18.1 Å². The maximum Gasteiger partial charge on any atom is 0.268 e. The molecule has 144 valence electrons. The van der Waals surface area contributed by atoms with Crippen molar-refractivity contribution in [3.05, 3.63) is 58.4 Å². The number of anilines is 1. The van der Waals surface area contributed by atoms with Crippen molar-refractivity contribution in [2.24, 2.45) is 0 Å². The lowest BCUT2D eigenvalue weighted by molar-refractivity contribution is -0.114. The summed E-state index contributed by atoms with van der Waals surface area (Å²) in [6.45, 7) is 6.37. The van der Waals surface area contributed by atoms with E-state index in [9.17, 15) is 10.1 Å². The molecule has 1 fully saturated rings. The highest BCUT2D eigenvalue weighted by atomic mass is 16.5. The van der Waals surface area contributed by atoms with Crippen LogP contribution in [0.1, 0.15) is 35.4 Å². The standard InChI is InChI=1S/C23H25N3O2/c1-16-12-19(17(2)26(16)15-21-7-5-11-28-21)13-20(14-24)23(27)25-10-9-18-6-3-4-8-22(18)25/h3-4,6,8,12-13,21H,5,7,9-11,15H2,1-2H3/b20-13+/t21-/m1/s1. The first-order chi connectivity index (χ1) is 13.6. The Bertz CT molecular complexity index is 974. The predicted molar refractivity (Wildman–Crippen MR) is 109 cm³/mol. The number of carbonyl (C=O) groups excluding carboxylic acids is 1. The summed E-state index contributed by atoms with van der Waals surface area (Å²) in [6.07, 6.45) is 5.01. The molecule has 28 heavy (non-hydrogen) atoms. The van der Waals surface area contributed by atoms with E-state index in [-0.39, 0.29) is 17.6 Å². The molecule has 5 heteroatoms. The van der Waals surface area contributed by atoms with Crippen molar-refractivity contribution in [1.82, 2.24) is 4.57 Å². The topological polar surface area (TPSA) is 58.3 Å². The third-order valence-corrected chi connectivity index (χ3v) is 5.81. The zero-order valence-electron chi connectivity index (χ0n) is 16.4. The second-order valence-corrected chi connectivity index (χ2v) is 7.58. The molecule has 4 rings (SSSR count). The number of ether oxygens (including phenoxy) is 1. The van der Waals surface area contributed by atoms with Crippen LogP contribution in [0.15, 0.2) is 35.9 Å². The van der Waals surface area contributed by atoms with Crippen molar-refractivity contribution in [3.63, 3.8) is 0 Å². The number of aromatic nitrogens is 1. The first kappa shape index (κ1) is 18.5. The van der Waals surface area contributed by atoms with Gasteiger partial charge in [-0.2, -0.15) is 5.26 Å². The Kier molecular flexibility index (Phi) is 5.06. The van der Waals surface area contributed by atoms with E-state index in [4.69, 9.17) is 4.74 Å². The molecule has 0 unspecified atom stereocenters. The Morgan fingerprint density at radius 1 is 1.36 bits per heavy atom. The summed E-state index contributed by atoms with van der Waals surface area (Å²) in [7, 11) is 0. The van der Waals surface area contributed by atoms with E-state index in [1.54, 1.807) is 11.0 Å². The Morgan fingerprint density at radius 3 is 2.93 bits per heavy atom. The number of fused-ring (bicyclic) bond motifs is 1. The molecule has 1 amide bonds. The van der Waals surface area contributed by atoms with E-state index < -0.39 is 0 Å². The van der Waals surface area contributed by atoms with Gasteiger partial charge in [0.15, 0.2) is 0 Å². The summed E-state index contributed by atoms with van der Waals surface area (Å²) in [5.41, 5.74) is 5.35. The van der Waals surface area contributed by atoms with Crippen molar-refractivity contribution in [1.29, 1.82) is 5.26 Å². The van der Waals surface area contributed by atoms with Crippen molar-refractivity contribution < 1.29 is 9.53 Å². The van der Waals surface area contributed by atoms with Gasteiger partial charge < -0.3 is 14.2 Å². The minimum absolute atomic E-state index is 0.175. The van der Waals surface area contributed by atoms with Crippen LogP contribution in [0.2, 0.25) is 0 Å². The number of amides is 1. The normalized spacial score (nSPS) is 19.0. The first-order valence-electron chi connectivity index (χ1n) is 9.88. The van der Waals surface area contributed by atoms with Crippen LogP contribution in [-0.2, 0) is 22.5 Å². The zero-order chi connectivity index (χ0) is 19.7. The van der Waals surface area contributed by atoms with Crippen LogP contribution in [0.25, 0.3) is 6.08 Å². The van der Waals surface area contributed by atoms with E-state index >= 15 is 0 Å². The number of hydrogen-bond donors (Lipinski definition) is 0. The molecule has 0 spiro atoms. The largest absolute Gasteiger partial charge is 0.376 e. The van der Waals surface area contributed by atoms with Gasteiger partial charge in [-0.25, -0.2) is 0 Å². The molecule has 2 aliphatic rings. The van der Waals surface area contributed by atoms with Crippen molar-refractivity contribution >= 4 is 17.7 Å². The molecule has 2 aromatic rings. The molecule has 1 saturated heterocycles. The van der Waals surface area contributed by atoms with Gasteiger partial charge in [0, 0.05) is 36.8 Å². The summed E-state index contributed by atoms with van der Waals surface area (Å²) in [5, 5.41) is 9.67. The molecule has 3 heterocycles. The highest BCUT2D eigenvalue weighted by Gasteiger charge is 2.27. The number of rotatable bonds is 4. The number of hydrogen-bond acceptors (Lipinski definition) is 3. The van der Waals surface area contributed by atoms with Crippen LogP contribution < -0.4 is 4.90 Å². The number of nitrogens with zero attached hydrogens (tertiary/aromatic N) is 3. The minimum Gasteiger partial charge on any atom is -0.376 e. The van der Waals surface area contributed by atoms with E-state index in [0.29, 0.717) is 6.54 Å². The second-order valence-electron chi connectivity index (χ2n) is 7.58. The number of benzene rings is 1. The van der Waals surface area contributed by atoms with Gasteiger partial charge in [-0.3, -0.25) is 4.79 Å². The van der Waals surface area contributed by atoms with Crippen molar-refractivity contribution in [3.8, 4) is 6.07 Å². The maximum atomic E-state index is 13.0. The molecular formula is C23H25N3O2. The minimum atomic E-state index is -0.226. The van der Waals surface area contributed by atoms with Gasteiger partial charge in [0.1, 0.15) is 11.6 Å². The third-order valence-electron chi connectivity index (χ3n) is 5.81. The van der Waals surface area contributed by atoms with E-state index in [1.807, 2.05) is 37.3 Å². The van der Waals surface area contributed by atoms with Crippen LogP contribution >= 0.6 is 0 Å². The lowest BCUT2D eigenvalue weighted by atomic mass is 10.1. The van der Waals surface area contributed by atoms with Crippen molar-refractivity contribution in [2.45, 2.75) is 45.8 Å². The number of carbonyl (C=O) groups is 1. The van der Waals surface area contributed by atoms with E-state index in [2.05, 4.69) is 17.6 Å². The molecule has 5 nitrogen and oxygen atoms in total. The van der Waals surface area contributed by atoms with Crippen LogP contribution in [0.3, 0.4) is 0 Å². The fraction of sp³-hybridized carbons (Fsp3) is 0.391. The summed E-state index contributed by atoms with van der Waals surface area (Å²) in [6, 6.07) is 12.1. The smallest absolute Gasteiger partial charge is 0.268 e. The number of aryl methyl sites for hydroxylation is 1. The molecular weight excluding hydrogens is 350 g/mol. The molecule has 0 bridgehead atoms. The highest BCUT2D eigenvalue weighted by molar-refractivity contribution is 6.12. The van der Waals surface area contributed by atoms with Crippen LogP contribution in [0.5, 0.6) is 0 Å². The average Bonchev–Trinajstić information content (AvgIpc) is 3.42. The summed E-state index contributed by atoms with van der Waals surface area (Å²) in [4.78, 5) is 14.8. The summed E-state index contributed by atoms with van der Waals surface area (Å²) in [5.74, 6) is -0.226. The molecule has 1 aromatic carbocycles. The van der Waals surface area contributed by atoms with Crippen LogP contribution in [0, 0.1) is 25.2 Å². The zero-order valence-corrected chi connectivity index (χ0v) is 16.4. The second kappa shape index (κ2) is 7.65. The predicted octanol–water partition coefficient (Wildman–Crippen LogP) is 3.78. The third kappa shape index (κ3) is 3.36. The highest BCUT2D eigenvalue weighted by Crippen LogP contribution is 2.29. The Hall–Kier alpha value is -2.84. The van der Waals surface area contributed by atoms with E-state index in [1.165, 1.54) is 0 Å². The Labute approximate surface area is 165 Å². The van der Waals surface area contributed by atoms with Gasteiger partial charge in [-0.1, -0.05) is 18.2 Å². The molecule has 1 atom stereocenters. The van der Waals surface area contributed by atoms with Crippen LogP contribution in [0.4, 0.5) is 5.69 Å². The maximum absolute atomic E-state index is 13.0. The molecule has 0 radical (unpaired) electrons.